The molecule has 1 aliphatic rings. The minimum Gasteiger partial charge on any atom is -0.490 e. The average molecular weight is 420 g/mol. The van der Waals surface area contributed by atoms with Gasteiger partial charge in [0.15, 0.2) is 11.6 Å². The van der Waals surface area contributed by atoms with Crippen molar-refractivity contribution in [1.82, 2.24) is 15.5 Å². The van der Waals surface area contributed by atoms with E-state index >= 15 is 0 Å². The quantitative estimate of drug-likeness (QED) is 0.306. The number of nitrogens with zero attached hydrogens (tertiary/aromatic N) is 1. The fourth-order valence-electron chi connectivity index (χ4n) is 3.10. The number of hydrogen-bond acceptors (Lipinski definition) is 4. The SMILES string of the molecule is CC(C)COc1cc(C(C)(C)NCCCC/C=C/CN2CC(=O)NC2=O)ccc1F. The van der Waals surface area contributed by atoms with Gasteiger partial charge in [-0.2, -0.15) is 0 Å². The molecule has 1 aromatic carbocycles. The minimum atomic E-state index is -0.335. The second-order valence-corrected chi connectivity index (χ2v) is 8.60. The molecule has 1 saturated heterocycles. The summed E-state index contributed by atoms with van der Waals surface area (Å²) in [7, 11) is 0. The van der Waals surface area contributed by atoms with E-state index in [2.05, 4.69) is 24.5 Å². The summed E-state index contributed by atoms with van der Waals surface area (Å²) < 4.78 is 19.6. The molecule has 2 N–H and O–H groups in total. The second-order valence-electron chi connectivity index (χ2n) is 8.60. The van der Waals surface area contributed by atoms with Crippen LogP contribution >= 0.6 is 0 Å². The highest BCUT2D eigenvalue weighted by Gasteiger charge is 2.25. The number of hydrogen-bond donors (Lipinski definition) is 2. The number of benzene rings is 1. The van der Waals surface area contributed by atoms with Crippen LogP contribution in [0.2, 0.25) is 0 Å². The standard InChI is InChI=1S/C23H34FN3O3/c1-17(2)16-30-20-14-18(10-11-19(20)24)23(3,4)25-12-8-6-5-7-9-13-27-15-21(28)26-22(27)29/h7,9-11,14,17,25H,5-6,8,12-13,15-16H2,1-4H3,(H,26,28,29)/b9-7+. The molecule has 0 aromatic heterocycles. The summed E-state index contributed by atoms with van der Waals surface area (Å²) in [6.45, 7) is 10.1. The van der Waals surface area contributed by atoms with Gasteiger partial charge in [-0.05, 0) is 63.3 Å². The summed E-state index contributed by atoms with van der Waals surface area (Å²) >= 11 is 0. The van der Waals surface area contributed by atoms with Crippen LogP contribution < -0.4 is 15.4 Å². The van der Waals surface area contributed by atoms with E-state index in [9.17, 15) is 14.0 Å². The highest BCUT2D eigenvalue weighted by atomic mass is 19.1. The second kappa shape index (κ2) is 11.1. The van der Waals surface area contributed by atoms with E-state index in [0.29, 0.717) is 24.8 Å². The molecule has 0 saturated carbocycles. The van der Waals surface area contributed by atoms with Gasteiger partial charge in [0.1, 0.15) is 6.54 Å². The molecular weight excluding hydrogens is 385 g/mol. The van der Waals surface area contributed by atoms with Crippen molar-refractivity contribution in [2.24, 2.45) is 5.92 Å². The highest BCUT2D eigenvalue weighted by Crippen LogP contribution is 2.27. The van der Waals surface area contributed by atoms with Crippen LogP contribution in [-0.4, -0.2) is 43.1 Å². The number of unbranched alkanes of at least 4 members (excludes halogenated alkanes) is 2. The first-order chi connectivity index (χ1) is 14.2. The maximum absolute atomic E-state index is 14.0. The fourth-order valence-corrected chi connectivity index (χ4v) is 3.10. The third kappa shape index (κ3) is 7.44. The largest absolute Gasteiger partial charge is 0.490 e. The Morgan fingerprint density at radius 1 is 1.27 bits per heavy atom. The first-order valence-corrected chi connectivity index (χ1v) is 10.6. The summed E-state index contributed by atoms with van der Waals surface area (Å²) in [4.78, 5) is 24.0. The maximum Gasteiger partial charge on any atom is 0.324 e. The van der Waals surface area contributed by atoms with Crippen molar-refractivity contribution in [3.05, 3.63) is 41.7 Å². The van der Waals surface area contributed by atoms with Gasteiger partial charge < -0.3 is 15.0 Å². The predicted molar refractivity (Wildman–Crippen MR) is 116 cm³/mol. The molecule has 1 heterocycles. The molecular formula is C23H34FN3O3. The van der Waals surface area contributed by atoms with Gasteiger partial charge in [0.2, 0.25) is 5.91 Å². The number of allylic oxidation sites excluding steroid dienone is 1. The summed E-state index contributed by atoms with van der Waals surface area (Å²) in [5, 5.41) is 5.79. The van der Waals surface area contributed by atoms with Crippen molar-refractivity contribution in [3.8, 4) is 5.75 Å². The summed E-state index contributed by atoms with van der Waals surface area (Å²) in [6.07, 6.45) is 6.88. The number of ether oxygens (including phenoxy) is 1. The Kier molecular flexibility index (Phi) is 8.84. The van der Waals surface area contributed by atoms with E-state index in [-0.39, 0.29) is 29.8 Å². The average Bonchev–Trinajstić information content (AvgIpc) is 3.00. The van der Waals surface area contributed by atoms with Gasteiger partial charge in [-0.3, -0.25) is 10.1 Å². The van der Waals surface area contributed by atoms with Crippen LogP contribution in [0.1, 0.15) is 52.5 Å². The maximum atomic E-state index is 14.0. The Morgan fingerprint density at radius 2 is 2.03 bits per heavy atom. The van der Waals surface area contributed by atoms with E-state index in [4.69, 9.17) is 4.74 Å². The third-order valence-corrected chi connectivity index (χ3v) is 4.95. The Hall–Kier alpha value is -2.41. The van der Waals surface area contributed by atoms with Crippen LogP contribution in [0.5, 0.6) is 5.75 Å². The molecule has 6 nitrogen and oxygen atoms in total. The molecule has 7 heteroatoms. The van der Waals surface area contributed by atoms with Crippen molar-refractivity contribution in [2.45, 2.75) is 52.5 Å². The van der Waals surface area contributed by atoms with Crippen LogP contribution in [0.3, 0.4) is 0 Å². The number of carbonyl (C=O) groups excluding carboxylic acids is 2. The van der Waals surface area contributed by atoms with Crippen molar-refractivity contribution < 1.29 is 18.7 Å². The molecule has 2 rings (SSSR count). The van der Waals surface area contributed by atoms with Crippen molar-refractivity contribution in [2.75, 3.05) is 26.2 Å². The Labute approximate surface area is 178 Å². The van der Waals surface area contributed by atoms with Crippen molar-refractivity contribution in [3.63, 3.8) is 0 Å². The van der Waals surface area contributed by atoms with Gasteiger partial charge in [0.25, 0.3) is 0 Å². The van der Waals surface area contributed by atoms with Crippen LogP contribution in [0.4, 0.5) is 9.18 Å². The van der Waals surface area contributed by atoms with E-state index in [1.54, 1.807) is 12.1 Å². The first-order valence-electron chi connectivity index (χ1n) is 10.6. The monoisotopic (exact) mass is 419 g/mol. The van der Waals surface area contributed by atoms with Crippen LogP contribution in [-0.2, 0) is 10.3 Å². The smallest absolute Gasteiger partial charge is 0.324 e. The van der Waals surface area contributed by atoms with E-state index < -0.39 is 0 Å². The normalized spacial score (nSPS) is 14.8. The van der Waals surface area contributed by atoms with Gasteiger partial charge in [-0.1, -0.05) is 32.1 Å². The Balaban J connectivity index is 1.71. The molecule has 166 valence electrons. The molecule has 1 aliphatic heterocycles. The van der Waals surface area contributed by atoms with E-state index in [1.807, 2.05) is 26.0 Å². The van der Waals surface area contributed by atoms with Crippen molar-refractivity contribution in [1.29, 1.82) is 0 Å². The van der Waals surface area contributed by atoms with Crippen LogP contribution in [0, 0.1) is 11.7 Å². The first kappa shape index (κ1) is 23.9. The van der Waals surface area contributed by atoms with E-state index in [0.717, 1.165) is 31.4 Å². The molecule has 0 bridgehead atoms. The Morgan fingerprint density at radius 3 is 2.70 bits per heavy atom. The Bertz CT molecular complexity index is 762. The molecule has 1 aromatic rings. The number of nitrogens with one attached hydrogen (secondary N) is 2. The number of imide groups is 1. The van der Waals surface area contributed by atoms with Crippen LogP contribution in [0.15, 0.2) is 30.4 Å². The minimum absolute atomic E-state index is 0.135. The molecule has 0 unspecified atom stereocenters. The number of carbonyl (C=O) groups is 2. The molecule has 0 spiro atoms. The van der Waals surface area contributed by atoms with Crippen LogP contribution in [0.25, 0.3) is 0 Å². The van der Waals surface area contributed by atoms with Gasteiger partial charge >= 0.3 is 6.03 Å². The molecule has 0 radical (unpaired) electrons. The number of rotatable bonds is 12. The van der Waals surface area contributed by atoms with Gasteiger partial charge in [-0.15, -0.1) is 0 Å². The summed E-state index contributed by atoms with van der Waals surface area (Å²) in [6, 6.07) is 4.72. The van der Waals surface area contributed by atoms with Gasteiger partial charge in [0, 0.05) is 12.1 Å². The topological polar surface area (TPSA) is 70.7 Å². The molecule has 3 amide bonds. The zero-order valence-corrected chi connectivity index (χ0v) is 18.5. The van der Waals surface area contributed by atoms with Gasteiger partial charge in [0.05, 0.1) is 6.61 Å². The lowest BCUT2D eigenvalue weighted by Gasteiger charge is -2.28. The zero-order valence-electron chi connectivity index (χ0n) is 18.5. The summed E-state index contributed by atoms with van der Waals surface area (Å²) in [5.41, 5.74) is 0.691. The third-order valence-electron chi connectivity index (χ3n) is 4.95. The molecule has 1 fully saturated rings. The number of amides is 3. The van der Waals surface area contributed by atoms with E-state index in [1.165, 1.54) is 11.0 Å². The zero-order chi connectivity index (χ0) is 22.1. The fraction of sp³-hybridized carbons (Fsp3) is 0.565. The molecule has 30 heavy (non-hydrogen) atoms. The van der Waals surface area contributed by atoms with Crippen molar-refractivity contribution >= 4 is 11.9 Å². The molecule has 0 atom stereocenters. The lowest BCUT2D eigenvalue weighted by molar-refractivity contribution is -0.118. The summed E-state index contributed by atoms with van der Waals surface area (Å²) in [5.74, 6) is 0.0532. The lowest BCUT2D eigenvalue weighted by Crippen LogP contribution is -2.37. The number of urea groups is 1. The highest BCUT2D eigenvalue weighted by molar-refractivity contribution is 6.01. The van der Waals surface area contributed by atoms with Gasteiger partial charge in [-0.25, -0.2) is 9.18 Å². The lowest BCUT2D eigenvalue weighted by atomic mass is 9.93. The molecule has 0 aliphatic carbocycles. The predicted octanol–water partition coefficient (Wildman–Crippen LogP) is 3.96. The number of halogens is 1.